The second-order valence-electron chi connectivity index (χ2n) is 5.44. The highest BCUT2D eigenvalue weighted by Gasteiger charge is 2.08. The van der Waals surface area contributed by atoms with E-state index in [0.717, 1.165) is 22.9 Å². The molecule has 0 amide bonds. The minimum Gasteiger partial charge on any atom is -0.408 e. The van der Waals surface area contributed by atoms with E-state index in [1.807, 2.05) is 18.2 Å². The Labute approximate surface area is 123 Å². The quantitative estimate of drug-likeness (QED) is 0.776. The van der Waals surface area contributed by atoms with Gasteiger partial charge >= 0.3 is 6.01 Å². The molecule has 0 aliphatic heterocycles. The van der Waals surface area contributed by atoms with E-state index in [9.17, 15) is 0 Å². The molecule has 2 heterocycles. The molecule has 21 heavy (non-hydrogen) atoms. The van der Waals surface area contributed by atoms with Gasteiger partial charge in [-0.3, -0.25) is 4.98 Å². The van der Waals surface area contributed by atoms with E-state index in [-0.39, 0.29) is 0 Å². The highest BCUT2D eigenvalue weighted by atomic mass is 16.4. The van der Waals surface area contributed by atoms with E-state index < -0.39 is 0 Å². The number of benzene rings is 1. The molecule has 5 heteroatoms. The van der Waals surface area contributed by atoms with Gasteiger partial charge in [-0.25, -0.2) is 0 Å². The van der Waals surface area contributed by atoms with Crippen LogP contribution in [0.2, 0.25) is 0 Å². The van der Waals surface area contributed by atoms with Crippen molar-refractivity contribution in [1.82, 2.24) is 15.2 Å². The minimum absolute atomic E-state index is 0.457. The van der Waals surface area contributed by atoms with Gasteiger partial charge in [-0.05, 0) is 17.5 Å². The Kier molecular flexibility index (Phi) is 3.81. The molecule has 3 aromatic rings. The Morgan fingerprint density at radius 1 is 1.14 bits per heavy atom. The molecule has 0 aliphatic carbocycles. The molecule has 0 saturated carbocycles. The lowest BCUT2D eigenvalue weighted by Crippen LogP contribution is -2.01. The van der Waals surface area contributed by atoms with Crippen LogP contribution in [0.15, 0.2) is 40.9 Å². The zero-order valence-electron chi connectivity index (χ0n) is 12.2. The molecule has 0 bridgehead atoms. The Morgan fingerprint density at radius 3 is 2.86 bits per heavy atom. The van der Waals surface area contributed by atoms with Crippen LogP contribution in [0.1, 0.15) is 25.3 Å². The maximum atomic E-state index is 5.57. The molecule has 2 aromatic heterocycles. The van der Waals surface area contributed by atoms with Crippen LogP contribution in [0.3, 0.4) is 0 Å². The fourth-order valence-corrected chi connectivity index (χ4v) is 2.24. The molecule has 0 atom stereocenters. The van der Waals surface area contributed by atoms with Gasteiger partial charge in [-0.2, -0.15) is 0 Å². The van der Waals surface area contributed by atoms with Crippen molar-refractivity contribution in [1.29, 1.82) is 0 Å². The topological polar surface area (TPSA) is 63.8 Å². The minimum atomic E-state index is 0.457. The van der Waals surface area contributed by atoms with Crippen molar-refractivity contribution >= 4 is 16.9 Å². The molecular formula is C16H18N4O. The summed E-state index contributed by atoms with van der Waals surface area (Å²) in [4.78, 5) is 4.43. The first-order valence-electron chi connectivity index (χ1n) is 7.11. The van der Waals surface area contributed by atoms with Crippen LogP contribution in [0, 0.1) is 5.92 Å². The number of rotatable bonds is 5. The summed E-state index contributed by atoms with van der Waals surface area (Å²) in [5.41, 5.74) is 2.10. The van der Waals surface area contributed by atoms with Gasteiger partial charge < -0.3 is 9.73 Å². The standard InChI is InChI=1S/C16H18N4O/c1-11(2)9-14-19-20-16(21-14)18-10-13-6-3-5-12-7-4-8-17-15(12)13/h3-8,11H,9-10H2,1-2H3,(H,18,20). The van der Waals surface area contributed by atoms with Gasteiger partial charge in [-0.15, -0.1) is 5.10 Å². The van der Waals surface area contributed by atoms with Crippen LogP contribution in [-0.2, 0) is 13.0 Å². The third kappa shape index (κ3) is 3.18. The van der Waals surface area contributed by atoms with E-state index in [1.54, 1.807) is 6.20 Å². The van der Waals surface area contributed by atoms with Crippen molar-refractivity contribution in [2.45, 2.75) is 26.8 Å². The Morgan fingerprint density at radius 2 is 2.00 bits per heavy atom. The maximum Gasteiger partial charge on any atom is 0.315 e. The van der Waals surface area contributed by atoms with Crippen molar-refractivity contribution in [3.63, 3.8) is 0 Å². The van der Waals surface area contributed by atoms with Gasteiger partial charge in [0.15, 0.2) is 0 Å². The average molecular weight is 282 g/mol. The second kappa shape index (κ2) is 5.91. The van der Waals surface area contributed by atoms with E-state index in [4.69, 9.17) is 4.42 Å². The number of hydrogen-bond donors (Lipinski definition) is 1. The van der Waals surface area contributed by atoms with Gasteiger partial charge in [-0.1, -0.05) is 43.2 Å². The van der Waals surface area contributed by atoms with E-state index >= 15 is 0 Å². The highest BCUT2D eigenvalue weighted by molar-refractivity contribution is 5.81. The zero-order valence-corrected chi connectivity index (χ0v) is 12.2. The number of anilines is 1. The molecule has 0 aliphatic rings. The van der Waals surface area contributed by atoms with Crippen LogP contribution < -0.4 is 5.32 Å². The lowest BCUT2D eigenvalue weighted by molar-refractivity contribution is 0.465. The van der Waals surface area contributed by atoms with Crippen molar-refractivity contribution in [2.75, 3.05) is 5.32 Å². The molecule has 5 nitrogen and oxygen atoms in total. The van der Waals surface area contributed by atoms with Crippen LogP contribution in [0.4, 0.5) is 6.01 Å². The van der Waals surface area contributed by atoms with Crippen molar-refractivity contribution in [2.24, 2.45) is 5.92 Å². The second-order valence-corrected chi connectivity index (χ2v) is 5.44. The summed E-state index contributed by atoms with van der Waals surface area (Å²) in [5, 5.41) is 12.3. The van der Waals surface area contributed by atoms with Gasteiger partial charge in [0.25, 0.3) is 0 Å². The lowest BCUT2D eigenvalue weighted by atomic mass is 10.1. The normalized spacial score (nSPS) is 11.2. The third-order valence-electron chi connectivity index (χ3n) is 3.20. The summed E-state index contributed by atoms with van der Waals surface area (Å²) in [6.45, 7) is 4.86. The monoisotopic (exact) mass is 282 g/mol. The molecule has 0 fully saturated rings. The Bertz CT molecular complexity index is 730. The highest BCUT2D eigenvalue weighted by Crippen LogP contribution is 2.17. The lowest BCUT2D eigenvalue weighted by Gasteiger charge is -2.05. The summed E-state index contributed by atoms with van der Waals surface area (Å²) in [6.07, 6.45) is 2.60. The Hall–Kier alpha value is -2.43. The number of hydrogen-bond acceptors (Lipinski definition) is 5. The summed E-state index contributed by atoms with van der Waals surface area (Å²) in [5.74, 6) is 1.17. The molecule has 0 spiro atoms. The number of para-hydroxylation sites is 1. The van der Waals surface area contributed by atoms with Crippen molar-refractivity contribution in [3.05, 3.63) is 48.0 Å². The molecule has 1 N–H and O–H groups in total. The fourth-order valence-electron chi connectivity index (χ4n) is 2.24. The molecule has 0 radical (unpaired) electrons. The van der Waals surface area contributed by atoms with Crippen LogP contribution in [-0.4, -0.2) is 15.2 Å². The smallest absolute Gasteiger partial charge is 0.315 e. The first kappa shape index (κ1) is 13.5. The largest absolute Gasteiger partial charge is 0.408 e. The fraction of sp³-hybridized carbons (Fsp3) is 0.312. The molecule has 0 unspecified atom stereocenters. The van der Waals surface area contributed by atoms with E-state index in [0.29, 0.717) is 24.4 Å². The number of fused-ring (bicyclic) bond motifs is 1. The predicted molar refractivity (Wildman–Crippen MR) is 81.9 cm³/mol. The molecule has 1 aromatic carbocycles. The number of aromatic nitrogens is 3. The molecule has 3 rings (SSSR count). The SMILES string of the molecule is CC(C)Cc1nnc(NCc2cccc3cccnc23)o1. The van der Waals surface area contributed by atoms with Crippen LogP contribution >= 0.6 is 0 Å². The van der Waals surface area contributed by atoms with Gasteiger partial charge in [0.05, 0.1) is 5.52 Å². The Balaban J connectivity index is 1.73. The molecule has 0 saturated heterocycles. The summed E-state index contributed by atoms with van der Waals surface area (Å²) < 4.78 is 5.57. The first-order chi connectivity index (χ1) is 10.2. The molecule has 108 valence electrons. The maximum absolute atomic E-state index is 5.57. The van der Waals surface area contributed by atoms with Gasteiger partial charge in [0.1, 0.15) is 0 Å². The summed E-state index contributed by atoms with van der Waals surface area (Å²) in [6, 6.07) is 10.6. The number of nitrogens with zero attached hydrogens (tertiary/aromatic N) is 3. The van der Waals surface area contributed by atoms with Gasteiger partial charge in [0.2, 0.25) is 5.89 Å². The van der Waals surface area contributed by atoms with Gasteiger partial charge in [0, 0.05) is 24.5 Å². The predicted octanol–water partition coefficient (Wildman–Crippen LogP) is 3.43. The number of pyridine rings is 1. The molecular weight excluding hydrogens is 264 g/mol. The van der Waals surface area contributed by atoms with Crippen molar-refractivity contribution in [3.8, 4) is 0 Å². The summed E-state index contributed by atoms with van der Waals surface area (Å²) >= 11 is 0. The number of nitrogens with one attached hydrogen (secondary N) is 1. The first-order valence-corrected chi connectivity index (χ1v) is 7.11. The van der Waals surface area contributed by atoms with Crippen LogP contribution in [0.5, 0.6) is 0 Å². The van der Waals surface area contributed by atoms with E-state index in [1.165, 1.54) is 0 Å². The summed E-state index contributed by atoms with van der Waals surface area (Å²) in [7, 11) is 0. The van der Waals surface area contributed by atoms with E-state index in [2.05, 4.69) is 46.5 Å². The van der Waals surface area contributed by atoms with Crippen molar-refractivity contribution < 1.29 is 4.42 Å². The average Bonchev–Trinajstić information content (AvgIpc) is 2.92. The zero-order chi connectivity index (χ0) is 14.7. The van der Waals surface area contributed by atoms with Crippen LogP contribution in [0.25, 0.3) is 10.9 Å². The third-order valence-corrected chi connectivity index (χ3v) is 3.20.